The van der Waals surface area contributed by atoms with E-state index in [1.165, 1.54) is 0 Å². The molecule has 2 atom stereocenters. The van der Waals surface area contributed by atoms with Crippen LogP contribution in [0, 0.1) is 11.8 Å². The van der Waals surface area contributed by atoms with Gasteiger partial charge in [0.1, 0.15) is 0 Å². The molecule has 2 fully saturated rings. The summed E-state index contributed by atoms with van der Waals surface area (Å²) in [5.74, 6) is 0.952. The van der Waals surface area contributed by atoms with Crippen LogP contribution in [0.1, 0.15) is 44.2 Å². The lowest BCUT2D eigenvalue weighted by atomic mass is 9.83. The molecule has 2 aliphatic rings. The van der Waals surface area contributed by atoms with Crippen LogP contribution in [0.15, 0.2) is 30.3 Å². The van der Waals surface area contributed by atoms with Crippen LogP contribution in [-0.4, -0.2) is 41.8 Å². The normalized spacial score (nSPS) is 26.4. The van der Waals surface area contributed by atoms with Gasteiger partial charge in [-0.1, -0.05) is 37.3 Å². The maximum atomic E-state index is 13.1. The zero-order chi connectivity index (χ0) is 16.4. The number of hydrogen-bond donors (Lipinski definition) is 0. The van der Waals surface area contributed by atoms with Crippen molar-refractivity contribution in [1.82, 2.24) is 9.80 Å². The summed E-state index contributed by atoms with van der Waals surface area (Å²) < 4.78 is 0. The highest BCUT2D eigenvalue weighted by atomic mass is 16.2. The molecule has 2 saturated heterocycles. The first-order valence-corrected chi connectivity index (χ1v) is 8.67. The summed E-state index contributed by atoms with van der Waals surface area (Å²) in [5.41, 5.74) is 1.06. The molecule has 0 aromatic heterocycles. The minimum Gasteiger partial charge on any atom is -0.342 e. The topological polar surface area (TPSA) is 40.6 Å². The zero-order valence-electron chi connectivity index (χ0n) is 14.1. The van der Waals surface area contributed by atoms with Crippen molar-refractivity contribution in [2.45, 2.75) is 38.6 Å². The van der Waals surface area contributed by atoms with Gasteiger partial charge in [-0.05, 0) is 30.7 Å². The number of nitrogens with zero attached hydrogens (tertiary/aromatic N) is 2. The van der Waals surface area contributed by atoms with Crippen LogP contribution in [-0.2, 0) is 9.59 Å². The zero-order valence-corrected chi connectivity index (χ0v) is 14.1. The molecule has 0 saturated carbocycles. The molecule has 0 aliphatic carbocycles. The minimum absolute atomic E-state index is 0.117. The molecule has 2 heterocycles. The van der Waals surface area contributed by atoms with Gasteiger partial charge in [0.05, 0.1) is 12.0 Å². The van der Waals surface area contributed by atoms with Gasteiger partial charge in [-0.15, -0.1) is 0 Å². The van der Waals surface area contributed by atoms with E-state index in [0.717, 1.165) is 31.5 Å². The van der Waals surface area contributed by atoms with E-state index in [0.29, 0.717) is 18.8 Å². The third-order valence-corrected chi connectivity index (χ3v) is 5.41. The Bertz CT molecular complexity index is 564. The Morgan fingerprint density at radius 3 is 2.39 bits per heavy atom. The fourth-order valence-electron chi connectivity index (χ4n) is 3.87. The summed E-state index contributed by atoms with van der Waals surface area (Å²) in [5, 5.41) is 0. The van der Waals surface area contributed by atoms with Gasteiger partial charge in [0.15, 0.2) is 0 Å². The van der Waals surface area contributed by atoms with Crippen LogP contribution in [0.25, 0.3) is 0 Å². The third-order valence-electron chi connectivity index (χ3n) is 5.41. The fourth-order valence-corrected chi connectivity index (χ4v) is 3.87. The van der Waals surface area contributed by atoms with E-state index in [1.807, 2.05) is 42.3 Å². The quantitative estimate of drug-likeness (QED) is 0.842. The van der Waals surface area contributed by atoms with Crippen molar-refractivity contribution in [3.05, 3.63) is 35.9 Å². The second-order valence-corrected chi connectivity index (χ2v) is 7.01. The molecule has 0 N–H and O–H groups in total. The van der Waals surface area contributed by atoms with E-state index in [2.05, 4.69) is 6.92 Å². The Balaban J connectivity index is 1.83. The van der Waals surface area contributed by atoms with E-state index >= 15 is 0 Å². The highest BCUT2D eigenvalue weighted by molar-refractivity contribution is 5.85. The van der Waals surface area contributed by atoms with Crippen molar-refractivity contribution in [1.29, 1.82) is 0 Å². The average Bonchev–Trinajstić information content (AvgIpc) is 2.58. The molecule has 4 nitrogen and oxygen atoms in total. The summed E-state index contributed by atoms with van der Waals surface area (Å²) in [4.78, 5) is 29.0. The maximum Gasteiger partial charge on any atom is 0.228 e. The van der Waals surface area contributed by atoms with Crippen molar-refractivity contribution in [3.63, 3.8) is 0 Å². The van der Waals surface area contributed by atoms with Crippen LogP contribution in [0.2, 0.25) is 0 Å². The van der Waals surface area contributed by atoms with Crippen molar-refractivity contribution < 1.29 is 9.59 Å². The Morgan fingerprint density at radius 2 is 1.74 bits per heavy atom. The van der Waals surface area contributed by atoms with E-state index in [-0.39, 0.29) is 23.8 Å². The van der Waals surface area contributed by atoms with Gasteiger partial charge in [-0.25, -0.2) is 0 Å². The second-order valence-electron chi connectivity index (χ2n) is 7.01. The number of likely N-dealkylation sites (tertiary alicyclic amines) is 2. The van der Waals surface area contributed by atoms with Crippen LogP contribution < -0.4 is 0 Å². The van der Waals surface area contributed by atoms with Gasteiger partial charge >= 0.3 is 0 Å². The molecule has 3 rings (SSSR count). The molecular formula is C19H26N2O2. The van der Waals surface area contributed by atoms with Gasteiger partial charge < -0.3 is 9.80 Å². The first-order valence-electron chi connectivity index (χ1n) is 8.67. The Labute approximate surface area is 138 Å². The molecule has 124 valence electrons. The van der Waals surface area contributed by atoms with E-state index in [1.54, 1.807) is 4.90 Å². The highest BCUT2D eigenvalue weighted by Crippen LogP contribution is 2.37. The molecule has 23 heavy (non-hydrogen) atoms. The lowest BCUT2D eigenvalue weighted by Gasteiger charge is -2.41. The monoisotopic (exact) mass is 314 g/mol. The first kappa shape index (κ1) is 16.0. The van der Waals surface area contributed by atoms with Crippen molar-refractivity contribution in [2.75, 3.05) is 20.1 Å². The lowest BCUT2D eigenvalue weighted by Crippen LogP contribution is -2.49. The summed E-state index contributed by atoms with van der Waals surface area (Å²) in [7, 11) is 1.83. The summed E-state index contributed by atoms with van der Waals surface area (Å²) >= 11 is 0. The SMILES string of the molecule is CC1CCN(C(=O)[C@H]2CCC(=O)N(C)[C@H]2c2ccccc2)CC1. The summed E-state index contributed by atoms with van der Waals surface area (Å²) in [6, 6.07) is 9.84. The number of piperidine rings is 2. The minimum atomic E-state index is -0.135. The smallest absolute Gasteiger partial charge is 0.228 e. The van der Waals surface area contributed by atoms with E-state index < -0.39 is 0 Å². The fraction of sp³-hybridized carbons (Fsp3) is 0.579. The molecule has 0 bridgehead atoms. The summed E-state index contributed by atoms with van der Waals surface area (Å²) in [6.45, 7) is 3.97. The molecular weight excluding hydrogens is 288 g/mol. The van der Waals surface area contributed by atoms with Crippen molar-refractivity contribution in [3.8, 4) is 0 Å². The molecule has 0 spiro atoms. The predicted octanol–water partition coefficient (Wildman–Crippen LogP) is 2.85. The van der Waals surface area contributed by atoms with Gasteiger partial charge in [-0.3, -0.25) is 9.59 Å². The summed E-state index contributed by atoms with van der Waals surface area (Å²) in [6.07, 6.45) is 3.31. The molecule has 2 amide bonds. The number of carbonyl (C=O) groups is 2. The molecule has 1 aromatic carbocycles. The Hall–Kier alpha value is -1.84. The van der Waals surface area contributed by atoms with E-state index in [4.69, 9.17) is 0 Å². The Morgan fingerprint density at radius 1 is 1.09 bits per heavy atom. The van der Waals surface area contributed by atoms with Crippen LogP contribution in [0.5, 0.6) is 0 Å². The van der Waals surface area contributed by atoms with Gasteiger partial charge in [-0.2, -0.15) is 0 Å². The first-order chi connectivity index (χ1) is 11.1. The number of carbonyl (C=O) groups excluding carboxylic acids is 2. The molecule has 1 aromatic rings. The molecule has 4 heteroatoms. The average molecular weight is 314 g/mol. The number of hydrogen-bond acceptors (Lipinski definition) is 2. The van der Waals surface area contributed by atoms with Crippen LogP contribution in [0.3, 0.4) is 0 Å². The number of benzene rings is 1. The standard InChI is InChI=1S/C19H26N2O2/c1-14-10-12-21(13-11-14)19(23)16-8-9-17(22)20(2)18(16)15-6-4-3-5-7-15/h3-7,14,16,18H,8-13H2,1-2H3/t16-,18-/m0/s1. The van der Waals surface area contributed by atoms with Crippen LogP contribution in [0.4, 0.5) is 0 Å². The van der Waals surface area contributed by atoms with Gasteiger partial charge in [0.25, 0.3) is 0 Å². The van der Waals surface area contributed by atoms with Crippen LogP contribution >= 0.6 is 0 Å². The molecule has 0 unspecified atom stereocenters. The second kappa shape index (κ2) is 6.73. The Kier molecular flexibility index (Phi) is 4.69. The van der Waals surface area contributed by atoms with E-state index in [9.17, 15) is 9.59 Å². The number of amides is 2. The predicted molar refractivity (Wildman–Crippen MR) is 89.7 cm³/mol. The van der Waals surface area contributed by atoms with Gasteiger partial charge in [0, 0.05) is 26.6 Å². The maximum absolute atomic E-state index is 13.1. The van der Waals surface area contributed by atoms with Crippen molar-refractivity contribution in [2.24, 2.45) is 11.8 Å². The highest BCUT2D eigenvalue weighted by Gasteiger charge is 2.40. The van der Waals surface area contributed by atoms with Crippen molar-refractivity contribution >= 4 is 11.8 Å². The third kappa shape index (κ3) is 3.26. The largest absolute Gasteiger partial charge is 0.342 e. The lowest BCUT2D eigenvalue weighted by molar-refractivity contribution is -0.147. The van der Waals surface area contributed by atoms with Gasteiger partial charge in [0.2, 0.25) is 11.8 Å². The molecule has 0 radical (unpaired) electrons. The molecule has 2 aliphatic heterocycles. The number of rotatable bonds is 2.